The van der Waals surface area contributed by atoms with Crippen LogP contribution in [0.1, 0.15) is 11.1 Å². The lowest BCUT2D eigenvalue weighted by molar-refractivity contribution is -0.119. The molecule has 118 valence electrons. The number of carbonyl (C=O) groups excluding carboxylic acids is 1. The van der Waals surface area contributed by atoms with Gasteiger partial charge in [-0.05, 0) is 47.5 Å². The summed E-state index contributed by atoms with van der Waals surface area (Å²) in [7, 11) is 1.41. The largest absolute Gasteiger partial charge is 0.508 e. The molecule has 0 aliphatic carbocycles. The van der Waals surface area contributed by atoms with E-state index in [4.69, 9.17) is 4.74 Å². The number of methoxy groups -OCH3 is 1. The van der Waals surface area contributed by atoms with Crippen molar-refractivity contribution >= 4 is 18.1 Å². The molecular formula is C18H17NO4. The van der Waals surface area contributed by atoms with Crippen LogP contribution in [0.2, 0.25) is 0 Å². The van der Waals surface area contributed by atoms with E-state index in [1.54, 1.807) is 48.6 Å². The first-order chi connectivity index (χ1) is 11.1. The molecule has 0 fully saturated rings. The summed E-state index contributed by atoms with van der Waals surface area (Å²) in [6.07, 6.45) is 4.77. The molecule has 0 saturated heterocycles. The summed E-state index contributed by atoms with van der Waals surface area (Å²) in [6.45, 7) is 0. The molecule has 0 radical (unpaired) electrons. The molecule has 23 heavy (non-hydrogen) atoms. The Morgan fingerprint density at radius 3 is 2.00 bits per heavy atom. The lowest BCUT2D eigenvalue weighted by Gasteiger charge is -2.05. The van der Waals surface area contributed by atoms with Crippen LogP contribution in [-0.2, 0) is 9.53 Å². The van der Waals surface area contributed by atoms with Gasteiger partial charge in [-0.25, -0.2) is 0 Å². The normalized spacial score (nSPS) is 11.4. The molecule has 0 saturated carbocycles. The van der Waals surface area contributed by atoms with E-state index in [2.05, 4.69) is 5.32 Å². The van der Waals surface area contributed by atoms with E-state index in [1.807, 2.05) is 0 Å². The molecule has 0 bridgehead atoms. The van der Waals surface area contributed by atoms with Gasteiger partial charge in [-0.3, -0.25) is 4.79 Å². The van der Waals surface area contributed by atoms with Crippen molar-refractivity contribution in [3.05, 3.63) is 71.6 Å². The van der Waals surface area contributed by atoms with Crippen molar-refractivity contribution in [2.45, 2.75) is 0 Å². The lowest BCUT2D eigenvalue weighted by atomic mass is 10.2. The molecule has 0 heterocycles. The van der Waals surface area contributed by atoms with E-state index in [9.17, 15) is 15.0 Å². The van der Waals surface area contributed by atoms with Gasteiger partial charge in [0.05, 0.1) is 7.11 Å². The van der Waals surface area contributed by atoms with E-state index in [1.165, 1.54) is 25.4 Å². The fraction of sp³-hybridized carbons (Fsp3) is 0.0556. The highest BCUT2D eigenvalue weighted by molar-refractivity contribution is 5.96. The first-order valence-corrected chi connectivity index (χ1v) is 6.89. The minimum absolute atomic E-state index is 0.144. The molecule has 1 amide bonds. The molecule has 5 nitrogen and oxygen atoms in total. The van der Waals surface area contributed by atoms with Gasteiger partial charge >= 0.3 is 0 Å². The van der Waals surface area contributed by atoms with Gasteiger partial charge < -0.3 is 20.3 Å². The molecule has 0 aliphatic rings. The third-order valence-corrected chi connectivity index (χ3v) is 3.02. The van der Waals surface area contributed by atoms with Gasteiger partial charge in [-0.15, -0.1) is 0 Å². The summed E-state index contributed by atoms with van der Waals surface area (Å²) in [5, 5.41) is 21.0. The van der Waals surface area contributed by atoms with Crippen molar-refractivity contribution in [1.29, 1.82) is 0 Å². The Hall–Kier alpha value is -3.21. The maximum absolute atomic E-state index is 12.0. The summed E-state index contributed by atoms with van der Waals surface area (Å²) in [4.78, 5) is 12.0. The quantitative estimate of drug-likeness (QED) is 0.586. The molecule has 0 spiro atoms. The third-order valence-electron chi connectivity index (χ3n) is 3.02. The molecule has 0 aliphatic heterocycles. The van der Waals surface area contributed by atoms with Gasteiger partial charge in [0.1, 0.15) is 11.5 Å². The number of phenols is 2. The number of rotatable bonds is 5. The SMILES string of the molecule is CO/C(=C\c1ccc(O)cc1)C(=O)N/C=C/c1ccc(O)cc1. The van der Waals surface area contributed by atoms with E-state index in [0.29, 0.717) is 0 Å². The number of phenolic OH excluding ortho intramolecular Hbond substituents is 2. The molecular weight excluding hydrogens is 294 g/mol. The molecule has 0 aromatic heterocycles. The Balaban J connectivity index is 2.02. The van der Waals surface area contributed by atoms with Gasteiger partial charge in [0.15, 0.2) is 5.76 Å². The fourth-order valence-corrected chi connectivity index (χ4v) is 1.81. The van der Waals surface area contributed by atoms with Gasteiger partial charge in [-0.2, -0.15) is 0 Å². The molecule has 5 heteroatoms. The Morgan fingerprint density at radius 2 is 1.48 bits per heavy atom. The minimum atomic E-state index is -0.393. The average molecular weight is 311 g/mol. The smallest absolute Gasteiger partial charge is 0.290 e. The maximum atomic E-state index is 12.0. The van der Waals surface area contributed by atoms with Crippen LogP contribution >= 0.6 is 0 Å². The number of nitrogens with one attached hydrogen (secondary N) is 1. The Morgan fingerprint density at radius 1 is 0.957 bits per heavy atom. The van der Waals surface area contributed by atoms with Crippen LogP contribution in [0.15, 0.2) is 60.5 Å². The van der Waals surface area contributed by atoms with E-state index >= 15 is 0 Å². The minimum Gasteiger partial charge on any atom is -0.508 e. The molecule has 0 atom stereocenters. The Bertz CT molecular complexity index is 716. The summed E-state index contributed by atoms with van der Waals surface area (Å²) in [6, 6.07) is 13.0. The van der Waals surface area contributed by atoms with Crippen LogP contribution in [0.25, 0.3) is 12.2 Å². The monoisotopic (exact) mass is 311 g/mol. The van der Waals surface area contributed by atoms with Crippen LogP contribution < -0.4 is 5.32 Å². The topological polar surface area (TPSA) is 78.8 Å². The Kier molecular flexibility index (Phi) is 5.41. The van der Waals surface area contributed by atoms with Gasteiger partial charge in [0, 0.05) is 6.20 Å². The van der Waals surface area contributed by atoms with Crippen molar-refractivity contribution in [3.63, 3.8) is 0 Å². The van der Waals surface area contributed by atoms with Crippen molar-refractivity contribution < 1.29 is 19.7 Å². The number of ether oxygens (including phenoxy) is 1. The summed E-state index contributed by atoms with van der Waals surface area (Å²) in [5.74, 6) is 0.0914. The predicted octanol–water partition coefficient (Wildman–Crippen LogP) is 2.87. The van der Waals surface area contributed by atoms with Crippen LogP contribution in [0.3, 0.4) is 0 Å². The van der Waals surface area contributed by atoms with E-state index in [-0.39, 0.29) is 17.3 Å². The highest BCUT2D eigenvalue weighted by Crippen LogP contribution is 2.13. The average Bonchev–Trinajstić information content (AvgIpc) is 2.56. The molecule has 3 N–H and O–H groups in total. The van der Waals surface area contributed by atoms with E-state index in [0.717, 1.165) is 11.1 Å². The maximum Gasteiger partial charge on any atom is 0.290 e. The number of hydrogen-bond acceptors (Lipinski definition) is 4. The number of carbonyl (C=O) groups is 1. The van der Waals surface area contributed by atoms with Crippen molar-refractivity contribution in [3.8, 4) is 11.5 Å². The highest BCUT2D eigenvalue weighted by atomic mass is 16.5. The second-order valence-electron chi connectivity index (χ2n) is 4.70. The lowest BCUT2D eigenvalue weighted by Crippen LogP contribution is -2.20. The predicted molar refractivity (Wildman–Crippen MR) is 88.4 cm³/mol. The summed E-state index contributed by atoms with van der Waals surface area (Å²) >= 11 is 0. The summed E-state index contributed by atoms with van der Waals surface area (Å²) < 4.78 is 5.08. The fourth-order valence-electron chi connectivity index (χ4n) is 1.81. The van der Waals surface area contributed by atoms with E-state index < -0.39 is 5.91 Å². The zero-order valence-corrected chi connectivity index (χ0v) is 12.6. The Labute approximate surface area is 134 Å². The van der Waals surface area contributed by atoms with Crippen LogP contribution in [0.4, 0.5) is 0 Å². The first kappa shape index (κ1) is 16.2. The standard InChI is InChI=1S/C18H17NO4/c1-23-17(12-14-4-8-16(21)9-5-14)18(22)19-11-10-13-2-6-15(20)7-3-13/h2-12,20-21H,1H3,(H,19,22)/b11-10+,17-12-. The number of amides is 1. The number of benzene rings is 2. The second kappa shape index (κ2) is 7.70. The first-order valence-electron chi connectivity index (χ1n) is 6.89. The van der Waals surface area contributed by atoms with Crippen molar-refractivity contribution in [1.82, 2.24) is 5.32 Å². The third kappa shape index (κ3) is 4.93. The van der Waals surface area contributed by atoms with Crippen molar-refractivity contribution in [2.75, 3.05) is 7.11 Å². The molecule has 2 aromatic carbocycles. The van der Waals surface area contributed by atoms with Gasteiger partial charge in [-0.1, -0.05) is 24.3 Å². The second-order valence-corrected chi connectivity index (χ2v) is 4.70. The zero-order chi connectivity index (χ0) is 16.7. The van der Waals surface area contributed by atoms with Crippen LogP contribution in [0.5, 0.6) is 11.5 Å². The van der Waals surface area contributed by atoms with Crippen LogP contribution in [-0.4, -0.2) is 23.2 Å². The zero-order valence-electron chi connectivity index (χ0n) is 12.6. The van der Waals surface area contributed by atoms with Gasteiger partial charge in [0.2, 0.25) is 0 Å². The number of hydrogen-bond donors (Lipinski definition) is 3. The highest BCUT2D eigenvalue weighted by Gasteiger charge is 2.07. The molecule has 0 unspecified atom stereocenters. The van der Waals surface area contributed by atoms with Gasteiger partial charge in [0.25, 0.3) is 5.91 Å². The van der Waals surface area contributed by atoms with Crippen molar-refractivity contribution in [2.24, 2.45) is 0 Å². The molecule has 2 aromatic rings. The number of aromatic hydroxyl groups is 2. The van der Waals surface area contributed by atoms with Crippen LogP contribution in [0, 0.1) is 0 Å². The summed E-state index contributed by atoms with van der Waals surface area (Å²) in [5.41, 5.74) is 1.57. The molecule has 2 rings (SSSR count).